The normalized spacial score (nSPS) is 11.5. The van der Waals surface area contributed by atoms with Crippen LogP contribution in [0.1, 0.15) is 31.9 Å². The molecule has 21 heavy (non-hydrogen) atoms. The third kappa shape index (κ3) is 2.63. The van der Waals surface area contributed by atoms with Gasteiger partial charge in [0.05, 0.1) is 11.7 Å². The van der Waals surface area contributed by atoms with Crippen LogP contribution < -0.4 is 5.73 Å². The first kappa shape index (κ1) is 14.0. The molecule has 0 aliphatic carbocycles. The highest BCUT2D eigenvalue weighted by Crippen LogP contribution is 2.27. The average molecular weight is 282 g/mol. The monoisotopic (exact) mass is 282 g/mol. The highest BCUT2D eigenvalue weighted by Gasteiger charge is 2.14. The van der Waals surface area contributed by atoms with Gasteiger partial charge >= 0.3 is 0 Å². The SMILES string of the molecule is CCCn1nc2cnc3ccccc3c2c1CCCCN. The fourth-order valence-corrected chi connectivity index (χ4v) is 2.92. The van der Waals surface area contributed by atoms with Crippen molar-refractivity contribution in [3.05, 3.63) is 36.2 Å². The number of pyridine rings is 1. The van der Waals surface area contributed by atoms with Crippen molar-refractivity contribution in [3.63, 3.8) is 0 Å². The lowest BCUT2D eigenvalue weighted by atomic mass is 10.1. The van der Waals surface area contributed by atoms with E-state index in [-0.39, 0.29) is 0 Å². The highest BCUT2D eigenvalue weighted by molar-refractivity contribution is 6.05. The molecule has 0 fully saturated rings. The van der Waals surface area contributed by atoms with E-state index in [1.54, 1.807) is 0 Å². The molecule has 0 atom stereocenters. The third-order valence-electron chi connectivity index (χ3n) is 3.89. The van der Waals surface area contributed by atoms with E-state index >= 15 is 0 Å². The van der Waals surface area contributed by atoms with Gasteiger partial charge in [-0.2, -0.15) is 5.10 Å². The van der Waals surface area contributed by atoms with Crippen molar-refractivity contribution in [2.75, 3.05) is 6.54 Å². The van der Waals surface area contributed by atoms with Gasteiger partial charge in [0.15, 0.2) is 0 Å². The van der Waals surface area contributed by atoms with Crippen LogP contribution in [0.5, 0.6) is 0 Å². The van der Waals surface area contributed by atoms with Gasteiger partial charge in [0.1, 0.15) is 5.52 Å². The summed E-state index contributed by atoms with van der Waals surface area (Å²) < 4.78 is 2.16. The van der Waals surface area contributed by atoms with E-state index in [1.165, 1.54) is 16.5 Å². The smallest absolute Gasteiger partial charge is 0.112 e. The van der Waals surface area contributed by atoms with Crippen molar-refractivity contribution >= 4 is 21.8 Å². The Balaban J connectivity index is 2.17. The van der Waals surface area contributed by atoms with Gasteiger partial charge in [-0.3, -0.25) is 9.67 Å². The molecule has 4 nitrogen and oxygen atoms in total. The molecular formula is C17H22N4. The Labute approximate surface area is 125 Å². The van der Waals surface area contributed by atoms with E-state index in [2.05, 4.69) is 34.8 Å². The molecule has 0 aliphatic heterocycles. The zero-order chi connectivity index (χ0) is 14.7. The van der Waals surface area contributed by atoms with Crippen LogP contribution in [0, 0.1) is 0 Å². The van der Waals surface area contributed by atoms with E-state index in [0.717, 1.165) is 49.8 Å². The standard InChI is InChI=1S/C17H22N4/c1-2-11-21-16(9-5-6-10-18)17-13-7-3-4-8-14(13)19-12-15(17)20-21/h3-4,7-8,12H,2,5-6,9-11,18H2,1H3. The number of hydrogen-bond acceptors (Lipinski definition) is 3. The zero-order valence-corrected chi connectivity index (χ0v) is 12.5. The van der Waals surface area contributed by atoms with Crippen LogP contribution >= 0.6 is 0 Å². The Morgan fingerprint density at radius 3 is 2.81 bits per heavy atom. The minimum absolute atomic E-state index is 0.752. The molecule has 0 spiro atoms. The summed E-state index contributed by atoms with van der Waals surface area (Å²) in [6.45, 7) is 3.90. The molecule has 2 N–H and O–H groups in total. The van der Waals surface area contributed by atoms with Gasteiger partial charge in [0, 0.05) is 23.0 Å². The van der Waals surface area contributed by atoms with Crippen LogP contribution in [-0.4, -0.2) is 21.3 Å². The molecule has 0 bridgehead atoms. The summed E-state index contributed by atoms with van der Waals surface area (Å²) in [4.78, 5) is 4.52. The van der Waals surface area contributed by atoms with Crippen molar-refractivity contribution < 1.29 is 0 Å². The number of fused-ring (bicyclic) bond motifs is 3. The number of para-hydroxylation sites is 1. The second-order valence-electron chi connectivity index (χ2n) is 5.45. The van der Waals surface area contributed by atoms with Gasteiger partial charge in [0.2, 0.25) is 0 Å². The first-order chi connectivity index (χ1) is 10.3. The van der Waals surface area contributed by atoms with E-state index in [1.807, 2.05) is 12.3 Å². The molecule has 2 heterocycles. The summed E-state index contributed by atoms with van der Waals surface area (Å²) >= 11 is 0. The fourth-order valence-electron chi connectivity index (χ4n) is 2.92. The Kier molecular flexibility index (Phi) is 4.15. The maximum absolute atomic E-state index is 5.64. The second kappa shape index (κ2) is 6.22. The molecule has 110 valence electrons. The number of nitrogens with zero attached hydrogens (tertiary/aromatic N) is 3. The molecule has 4 heteroatoms. The maximum atomic E-state index is 5.64. The quantitative estimate of drug-likeness (QED) is 0.706. The predicted molar refractivity (Wildman–Crippen MR) is 87.3 cm³/mol. The van der Waals surface area contributed by atoms with Gasteiger partial charge in [-0.15, -0.1) is 0 Å². The number of aryl methyl sites for hydroxylation is 2. The molecule has 1 aromatic carbocycles. The summed E-state index contributed by atoms with van der Waals surface area (Å²) in [6.07, 6.45) is 6.18. The topological polar surface area (TPSA) is 56.7 Å². The average Bonchev–Trinajstić information content (AvgIpc) is 2.86. The number of benzene rings is 1. The highest BCUT2D eigenvalue weighted by atomic mass is 15.3. The third-order valence-corrected chi connectivity index (χ3v) is 3.89. The van der Waals surface area contributed by atoms with E-state index in [9.17, 15) is 0 Å². The summed E-state index contributed by atoms with van der Waals surface area (Å²) in [6, 6.07) is 8.32. The first-order valence-electron chi connectivity index (χ1n) is 7.78. The molecule has 0 radical (unpaired) electrons. The van der Waals surface area contributed by atoms with Crippen LogP contribution in [0.25, 0.3) is 21.8 Å². The summed E-state index contributed by atoms with van der Waals surface area (Å²) in [5, 5.41) is 7.23. The summed E-state index contributed by atoms with van der Waals surface area (Å²) in [7, 11) is 0. The summed E-state index contributed by atoms with van der Waals surface area (Å²) in [5.74, 6) is 0. The molecule has 0 saturated carbocycles. The Bertz CT molecular complexity index is 745. The van der Waals surface area contributed by atoms with Gasteiger partial charge in [-0.25, -0.2) is 0 Å². The molecule has 0 aliphatic rings. The number of hydrogen-bond donors (Lipinski definition) is 1. The van der Waals surface area contributed by atoms with Crippen LogP contribution in [0.15, 0.2) is 30.5 Å². The minimum Gasteiger partial charge on any atom is -0.330 e. The molecule has 0 unspecified atom stereocenters. The van der Waals surface area contributed by atoms with Crippen LogP contribution in [0.2, 0.25) is 0 Å². The minimum atomic E-state index is 0.752. The Morgan fingerprint density at radius 2 is 2.00 bits per heavy atom. The van der Waals surface area contributed by atoms with Crippen LogP contribution in [0.3, 0.4) is 0 Å². The predicted octanol–water partition coefficient (Wildman–Crippen LogP) is 3.28. The van der Waals surface area contributed by atoms with Gasteiger partial charge in [-0.05, 0) is 38.3 Å². The second-order valence-corrected chi connectivity index (χ2v) is 5.45. The number of unbranched alkanes of at least 4 members (excludes halogenated alkanes) is 1. The zero-order valence-electron chi connectivity index (χ0n) is 12.5. The molecular weight excluding hydrogens is 260 g/mol. The van der Waals surface area contributed by atoms with Crippen LogP contribution in [-0.2, 0) is 13.0 Å². The van der Waals surface area contributed by atoms with Crippen molar-refractivity contribution in [2.45, 2.75) is 39.2 Å². The van der Waals surface area contributed by atoms with Crippen molar-refractivity contribution in [1.29, 1.82) is 0 Å². The lowest BCUT2D eigenvalue weighted by Gasteiger charge is -2.07. The van der Waals surface area contributed by atoms with Crippen molar-refractivity contribution in [1.82, 2.24) is 14.8 Å². The van der Waals surface area contributed by atoms with E-state index in [4.69, 9.17) is 10.8 Å². The van der Waals surface area contributed by atoms with Gasteiger partial charge < -0.3 is 5.73 Å². The van der Waals surface area contributed by atoms with Crippen molar-refractivity contribution in [3.8, 4) is 0 Å². The lowest BCUT2D eigenvalue weighted by Crippen LogP contribution is -2.06. The van der Waals surface area contributed by atoms with Crippen molar-refractivity contribution in [2.24, 2.45) is 5.73 Å². The Hall–Kier alpha value is -1.94. The first-order valence-corrected chi connectivity index (χ1v) is 7.78. The fraction of sp³-hybridized carbons (Fsp3) is 0.412. The number of nitrogens with two attached hydrogens (primary N) is 1. The lowest BCUT2D eigenvalue weighted by molar-refractivity contribution is 0.569. The molecule has 3 rings (SSSR count). The molecule has 0 saturated heterocycles. The van der Waals surface area contributed by atoms with E-state index in [0.29, 0.717) is 0 Å². The van der Waals surface area contributed by atoms with Gasteiger partial charge in [0.25, 0.3) is 0 Å². The Morgan fingerprint density at radius 1 is 1.14 bits per heavy atom. The largest absolute Gasteiger partial charge is 0.330 e. The number of rotatable bonds is 6. The maximum Gasteiger partial charge on any atom is 0.112 e. The molecule has 0 amide bonds. The van der Waals surface area contributed by atoms with Gasteiger partial charge in [-0.1, -0.05) is 25.1 Å². The molecule has 2 aromatic heterocycles. The van der Waals surface area contributed by atoms with E-state index < -0.39 is 0 Å². The summed E-state index contributed by atoms with van der Waals surface area (Å²) in [5.41, 5.74) is 9.02. The van der Waals surface area contributed by atoms with Crippen LogP contribution in [0.4, 0.5) is 0 Å². The molecule has 3 aromatic rings. The number of aromatic nitrogens is 3.